The molecule has 4 rings (SSSR count). The van der Waals surface area contributed by atoms with Crippen molar-refractivity contribution in [3.05, 3.63) is 71.8 Å². The van der Waals surface area contributed by atoms with Crippen molar-refractivity contribution in [2.24, 2.45) is 10.8 Å². The number of imide groups is 4. The number of hydrogen-bond donors (Lipinski definition) is 4. The standard InChI is InChI=1S/C26H26N4O6/c31-19-25(20(32)28-23(35)27-19,15-17-9-3-1-4-10-17)13-7-8-14-26(16-18-11-5-2-6-12-18)21(33)29-24(36)30-22(26)34/h1-6,9-12H,7-8,13-16H2,(H2,27,28,31,32,35)(H2,29,30,33,34,36). The molecule has 0 saturated carbocycles. The molecule has 186 valence electrons. The van der Waals surface area contributed by atoms with E-state index in [1.807, 2.05) is 12.1 Å². The minimum absolute atomic E-state index is 0.0867. The van der Waals surface area contributed by atoms with Gasteiger partial charge in [-0.15, -0.1) is 0 Å². The molecule has 10 nitrogen and oxygen atoms in total. The number of carbonyl (C=O) groups is 6. The molecule has 2 aromatic rings. The summed E-state index contributed by atoms with van der Waals surface area (Å²) in [6.45, 7) is 0. The van der Waals surface area contributed by atoms with Gasteiger partial charge in [-0.1, -0.05) is 73.5 Å². The first kappa shape index (κ1) is 24.8. The summed E-state index contributed by atoms with van der Waals surface area (Å²) in [6, 6.07) is 16.3. The van der Waals surface area contributed by atoms with E-state index in [-0.39, 0.29) is 25.7 Å². The first-order valence-electron chi connectivity index (χ1n) is 11.7. The van der Waals surface area contributed by atoms with Crippen LogP contribution in [-0.4, -0.2) is 35.7 Å². The molecule has 0 spiro atoms. The second kappa shape index (κ2) is 10.1. The summed E-state index contributed by atoms with van der Waals surface area (Å²) in [7, 11) is 0. The molecule has 0 unspecified atom stereocenters. The van der Waals surface area contributed by atoms with Crippen LogP contribution in [-0.2, 0) is 32.0 Å². The molecule has 8 amide bonds. The smallest absolute Gasteiger partial charge is 0.277 e. The molecular formula is C26H26N4O6. The lowest BCUT2D eigenvalue weighted by Crippen LogP contribution is -2.63. The van der Waals surface area contributed by atoms with Crippen molar-refractivity contribution in [3.63, 3.8) is 0 Å². The van der Waals surface area contributed by atoms with Gasteiger partial charge in [0, 0.05) is 0 Å². The summed E-state index contributed by atoms with van der Waals surface area (Å²) in [5.74, 6) is -2.73. The Labute approximate surface area is 207 Å². The van der Waals surface area contributed by atoms with Crippen LogP contribution in [0.4, 0.5) is 9.59 Å². The first-order valence-corrected chi connectivity index (χ1v) is 11.7. The van der Waals surface area contributed by atoms with E-state index in [1.54, 1.807) is 48.5 Å². The van der Waals surface area contributed by atoms with E-state index in [0.29, 0.717) is 12.8 Å². The number of benzene rings is 2. The Morgan fingerprint density at radius 2 is 0.778 bits per heavy atom. The van der Waals surface area contributed by atoms with Gasteiger partial charge >= 0.3 is 12.1 Å². The topological polar surface area (TPSA) is 151 Å². The van der Waals surface area contributed by atoms with Gasteiger partial charge in [-0.25, -0.2) is 9.59 Å². The van der Waals surface area contributed by atoms with Crippen molar-refractivity contribution in [2.75, 3.05) is 0 Å². The molecule has 10 heteroatoms. The van der Waals surface area contributed by atoms with Gasteiger partial charge in [0.05, 0.1) is 0 Å². The molecule has 0 atom stereocenters. The summed E-state index contributed by atoms with van der Waals surface area (Å²) >= 11 is 0. The molecular weight excluding hydrogens is 464 g/mol. The van der Waals surface area contributed by atoms with Crippen molar-refractivity contribution >= 4 is 35.7 Å². The summed E-state index contributed by atoms with van der Waals surface area (Å²) in [5.41, 5.74) is -1.53. The maximum Gasteiger partial charge on any atom is 0.328 e. The molecule has 0 radical (unpaired) electrons. The molecule has 2 aliphatic rings. The van der Waals surface area contributed by atoms with Gasteiger partial charge in [0.1, 0.15) is 10.8 Å². The number of carbonyl (C=O) groups excluding carboxylic acids is 6. The molecule has 36 heavy (non-hydrogen) atoms. The molecule has 2 saturated heterocycles. The van der Waals surface area contributed by atoms with Crippen LogP contribution in [0.15, 0.2) is 60.7 Å². The number of hydrogen-bond acceptors (Lipinski definition) is 6. The van der Waals surface area contributed by atoms with Crippen LogP contribution in [0, 0.1) is 10.8 Å². The third-order valence-corrected chi connectivity index (χ3v) is 6.80. The van der Waals surface area contributed by atoms with Gasteiger partial charge in [-0.2, -0.15) is 0 Å². The normalized spacial score (nSPS) is 18.7. The van der Waals surface area contributed by atoms with Gasteiger partial charge in [0.2, 0.25) is 23.6 Å². The van der Waals surface area contributed by atoms with E-state index < -0.39 is 46.5 Å². The average Bonchev–Trinajstić information content (AvgIpc) is 2.84. The minimum Gasteiger partial charge on any atom is -0.277 e. The number of nitrogens with one attached hydrogen (secondary N) is 4. The molecule has 2 aliphatic heterocycles. The highest BCUT2D eigenvalue weighted by molar-refractivity contribution is 6.20. The third-order valence-electron chi connectivity index (χ3n) is 6.80. The van der Waals surface area contributed by atoms with Gasteiger partial charge in [-0.3, -0.25) is 40.4 Å². The second-order valence-corrected chi connectivity index (χ2v) is 9.17. The van der Waals surface area contributed by atoms with E-state index in [9.17, 15) is 28.8 Å². The van der Waals surface area contributed by atoms with Crippen molar-refractivity contribution in [3.8, 4) is 0 Å². The number of rotatable bonds is 9. The second-order valence-electron chi connectivity index (χ2n) is 9.17. The zero-order valence-corrected chi connectivity index (χ0v) is 19.5. The van der Waals surface area contributed by atoms with Gasteiger partial charge < -0.3 is 0 Å². The quantitative estimate of drug-likeness (QED) is 0.311. The number of urea groups is 2. The average molecular weight is 491 g/mol. The number of barbiturate groups is 2. The fraction of sp³-hybridized carbons (Fsp3) is 0.308. The fourth-order valence-corrected chi connectivity index (χ4v) is 4.85. The van der Waals surface area contributed by atoms with Crippen molar-refractivity contribution in [1.29, 1.82) is 0 Å². The monoisotopic (exact) mass is 490 g/mol. The van der Waals surface area contributed by atoms with Crippen LogP contribution in [0.2, 0.25) is 0 Å². The first-order chi connectivity index (χ1) is 17.2. The van der Waals surface area contributed by atoms with E-state index in [4.69, 9.17) is 0 Å². The Hall–Kier alpha value is -4.34. The molecule has 0 aromatic heterocycles. The largest absolute Gasteiger partial charge is 0.328 e. The zero-order valence-electron chi connectivity index (χ0n) is 19.5. The number of amides is 8. The van der Waals surface area contributed by atoms with Gasteiger partial charge in [-0.05, 0) is 36.8 Å². The highest BCUT2D eigenvalue weighted by Gasteiger charge is 2.51. The lowest BCUT2D eigenvalue weighted by Gasteiger charge is -2.36. The van der Waals surface area contributed by atoms with Crippen LogP contribution in [0.3, 0.4) is 0 Å². The maximum absolute atomic E-state index is 12.9. The van der Waals surface area contributed by atoms with Crippen molar-refractivity contribution < 1.29 is 28.8 Å². The van der Waals surface area contributed by atoms with E-state index in [2.05, 4.69) is 21.3 Å². The van der Waals surface area contributed by atoms with Crippen LogP contribution < -0.4 is 21.3 Å². The maximum atomic E-state index is 12.9. The SMILES string of the molecule is O=C1NC(=O)C(CCCCC2(Cc3ccccc3)C(=O)NC(=O)NC2=O)(Cc2ccccc2)C(=O)N1. The van der Waals surface area contributed by atoms with Gasteiger partial charge in [0.25, 0.3) is 0 Å². The Bertz CT molecular complexity index is 1080. The van der Waals surface area contributed by atoms with Crippen LogP contribution >= 0.6 is 0 Å². The van der Waals surface area contributed by atoms with E-state index in [0.717, 1.165) is 11.1 Å². The Morgan fingerprint density at radius 3 is 1.08 bits per heavy atom. The number of unbranched alkanes of at least 4 members (excludes halogenated alkanes) is 1. The van der Waals surface area contributed by atoms with Crippen molar-refractivity contribution in [1.82, 2.24) is 21.3 Å². The lowest BCUT2D eigenvalue weighted by molar-refractivity contribution is -0.147. The van der Waals surface area contributed by atoms with E-state index in [1.165, 1.54) is 0 Å². The van der Waals surface area contributed by atoms with Crippen molar-refractivity contribution in [2.45, 2.75) is 38.5 Å². The van der Waals surface area contributed by atoms with E-state index >= 15 is 0 Å². The summed E-state index contributed by atoms with van der Waals surface area (Å²) < 4.78 is 0. The molecule has 2 aromatic carbocycles. The summed E-state index contributed by atoms with van der Waals surface area (Å²) in [4.78, 5) is 75.1. The molecule has 2 heterocycles. The Kier molecular flexibility index (Phi) is 6.96. The molecule has 0 aliphatic carbocycles. The lowest BCUT2D eigenvalue weighted by atomic mass is 9.72. The molecule has 4 N–H and O–H groups in total. The minimum atomic E-state index is -1.52. The summed E-state index contributed by atoms with van der Waals surface area (Å²) in [6.07, 6.45) is 0.986. The zero-order chi connectivity index (χ0) is 25.8. The molecule has 2 fully saturated rings. The fourth-order valence-electron chi connectivity index (χ4n) is 4.85. The Morgan fingerprint density at radius 1 is 0.472 bits per heavy atom. The third kappa shape index (κ3) is 4.88. The Balaban J connectivity index is 1.53. The highest BCUT2D eigenvalue weighted by atomic mass is 16.2. The van der Waals surface area contributed by atoms with Crippen LogP contribution in [0.5, 0.6) is 0 Å². The highest BCUT2D eigenvalue weighted by Crippen LogP contribution is 2.36. The summed E-state index contributed by atoms with van der Waals surface area (Å²) in [5, 5.41) is 8.78. The van der Waals surface area contributed by atoms with Crippen LogP contribution in [0.25, 0.3) is 0 Å². The predicted molar refractivity (Wildman–Crippen MR) is 127 cm³/mol. The predicted octanol–water partition coefficient (Wildman–Crippen LogP) is 1.74. The molecule has 0 bridgehead atoms. The van der Waals surface area contributed by atoms with Gasteiger partial charge in [0.15, 0.2) is 0 Å². The van der Waals surface area contributed by atoms with Crippen LogP contribution in [0.1, 0.15) is 36.8 Å².